The Morgan fingerprint density at radius 2 is 1.39 bits per heavy atom. The fraction of sp³-hybridized carbons (Fsp3) is 0.704. The van der Waals surface area contributed by atoms with Crippen LogP contribution < -0.4 is 10.4 Å². The summed E-state index contributed by atoms with van der Waals surface area (Å²) in [5.41, 5.74) is 0.948. The number of hydrogen-bond acceptors (Lipinski definition) is 6. The average molecular weight is 499 g/mol. The van der Waals surface area contributed by atoms with Gasteiger partial charge in [-0.3, -0.25) is 4.79 Å². The van der Waals surface area contributed by atoms with Crippen LogP contribution in [0.25, 0.3) is 0 Å². The Morgan fingerprint density at radius 1 is 0.861 bits per heavy atom. The second-order valence-electron chi connectivity index (χ2n) is 12.2. The molecule has 8 nitrogen and oxygen atoms in total. The molecule has 0 unspecified atom stereocenters. The number of anilines is 1. The first-order valence-electron chi connectivity index (χ1n) is 13.2. The summed E-state index contributed by atoms with van der Waals surface area (Å²) in [6, 6.07) is 8.38. The number of rotatable bonds is 3. The van der Waals surface area contributed by atoms with Crippen molar-refractivity contribution in [2.45, 2.75) is 78.1 Å². The molecule has 0 aromatic heterocycles. The lowest BCUT2D eigenvalue weighted by Crippen LogP contribution is -2.52. The van der Waals surface area contributed by atoms with Crippen LogP contribution in [0.2, 0.25) is 0 Å². The number of carbonyl (C=O) groups excluding carboxylic acids is 2. The number of piperidine rings is 1. The van der Waals surface area contributed by atoms with Gasteiger partial charge in [-0.2, -0.15) is 0 Å². The summed E-state index contributed by atoms with van der Waals surface area (Å²) in [5, 5.41) is 0. The first kappa shape index (κ1) is 26.8. The van der Waals surface area contributed by atoms with Gasteiger partial charge in [0.1, 0.15) is 5.60 Å². The quantitative estimate of drug-likeness (QED) is 0.595. The lowest BCUT2D eigenvalue weighted by molar-refractivity contribution is -0.137. The molecule has 1 aromatic rings. The van der Waals surface area contributed by atoms with Crippen molar-refractivity contribution in [3.8, 4) is 0 Å². The summed E-state index contributed by atoms with van der Waals surface area (Å²) >= 11 is 0. The van der Waals surface area contributed by atoms with Crippen LogP contribution in [0.4, 0.5) is 10.5 Å². The van der Waals surface area contributed by atoms with Crippen LogP contribution >= 0.6 is 0 Å². The van der Waals surface area contributed by atoms with Crippen molar-refractivity contribution in [1.29, 1.82) is 0 Å². The number of benzene rings is 1. The molecule has 0 saturated carbocycles. The molecular formula is C27H42BN3O5. The van der Waals surface area contributed by atoms with E-state index in [0.717, 1.165) is 24.2 Å². The number of ether oxygens (including phenoxy) is 1. The zero-order valence-corrected chi connectivity index (χ0v) is 23.0. The fourth-order valence-electron chi connectivity index (χ4n) is 4.90. The monoisotopic (exact) mass is 499 g/mol. The molecule has 0 bridgehead atoms. The Bertz CT molecular complexity index is 927. The van der Waals surface area contributed by atoms with Gasteiger partial charge in [-0.05, 0) is 78.9 Å². The molecule has 0 N–H and O–H groups in total. The minimum absolute atomic E-state index is 0.0190. The van der Waals surface area contributed by atoms with E-state index in [1.807, 2.05) is 25.7 Å². The number of amides is 2. The van der Waals surface area contributed by atoms with E-state index in [1.54, 1.807) is 4.90 Å². The highest BCUT2D eigenvalue weighted by Gasteiger charge is 2.51. The SMILES string of the molecule is CC(C)(C)OC(=O)N1CCC(C(=O)N2CCN(c3ccc(B4OC(C)(C)C(C)(C)O4)cc3)CC2)CC1. The second kappa shape index (κ2) is 9.90. The van der Waals surface area contributed by atoms with E-state index in [4.69, 9.17) is 14.0 Å². The smallest absolute Gasteiger partial charge is 0.444 e. The number of carbonyl (C=O) groups is 2. The van der Waals surface area contributed by atoms with Crippen LogP contribution in [0.3, 0.4) is 0 Å². The van der Waals surface area contributed by atoms with Crippen LogP contribution in [0, 0.1) is 5.92 Å². The summed E-state index contributed by atoms with van der Waals surface area (Å²) in [4.78, 5) is 31.5. The molecule has 36 heavy (non-hydrogen) atoms. The molecule has 0 aliphatic carbocycles. The zero-order valence-electron chi connectivity index (χ0n) is 23.0. The van der Waals surface area contributed by atoms with Crippen LogP contribution in [-0.2, 0) is 18.8 Å². The third-order valence-electron chi connectivity index (χ3n) is 7.87. The zero-order chi connectivity index (χ0) is 26.3. The maximum absolute atomic E-state index is 13.1. The summed E-state index contributed by atoms with van der Waals surface area (Å²) in [6.45, 7) is 18.0. The summed E-state index contributed by atoms with van der Waals surface area (Å²) in [5.74, 6) is 0.198. The van der Waals surface area contributed by atoms with Crippen molar-refractivity contribution in [2.75, 3.05) is 44.2 Å². The second-order valence-corrected chi connectivity index (χ2v) is 12.2. The molecule has 3 heterocycles. The molecule has 4 rings (SSSR count). The molecule has 9 heteroatoms. The van der Waals surface area contributed by atoms with Crippen molar-refractivity contribution in [3.63, 3.8) is 0 Å². The van der Waals surface area contributed by atoms with Gasteiger partial charge in [0.25, 0.3) is 0 Å². The molecule has 2 amide bonds. The van der Waals surface area contributed by atoms with Gasteiger partial charge in [0.2, 0.25) is 5.91 Å². The van der Waals surface area contributed by atoms with Gasteiger partial charge >= 0.3 is 13.2 Å². The largest absolute Gasteiger partial charge is 0.494 e. The average Bonchev–Trinajstić information content (AvgIpc) is 3.04. The molecule has 3 saturated heterocycles. The third-order valence-corrected chi connectivity index (χ3v) is 7.87. The summed E-state index contributed by atoms with van der Waals surface area (Å²) < 4.78 is 17.8. The Morgan fingerprint density at radius 3 is 1.89 bits per heavy atom. The van der Waals surface area contributed by atoms with E-state index in [0.29, 0.717) is 39.0 Å². The lowest BCUT2D eigenvalue weighted by Gasteiger charge is -2.39. The van der Waals surface area contributed by atoms with Gasteiger partial charge in [0, 0.05) is 50.9 Å². The lowest BCUT2D eigenvalue weighted by atomic mass is 9.79. The predicted octanol–water partition coefficient (Wildman–Crippen LogP) is 3.28. The van der Waals surface area contributed by atoms with Gasteiger partial charge in [-0.25, -0.2) is 4.79 Å². The highest BCUT2D eigenvalue weighted by molar-refractivity contribution is 6.62. The van der Waals surface area contributed by atoms with E-state index < -0.39 is 5.60 Å². The van der Waals surface area contributed by atoms with E-state index in [9.17, 15) is 9.59 Å². The topological polar surface area (TPSA) is 71.6 Å². The molecule has 0 radical (unpaired) electrons. The van der Waals surface area contributed by atoms with E-state index >= 15 is 0 Å². The molecule has 0 atom stereocenters. The van der Waals surface area contributed by atoms with Gasteiger partial charge < -0.3 is 28.7 Å². The van der Waals surface area contributed by atoms with Crippen LogP contribution in [-0.4, -0.2) is 85.0 Å². The fourth-order valence-corrected chi connectivity index (χ4v) is 4.90. The minimum Gasteiger partial charge on any atom is -0.444 e. The molecule has 0 spiro atoms. The maximum atomic E-state index is 13.1. The van der Waals surface area contributed by atoms with Crippen molar-refractivity contribution in [3.05, 3.63) is 24.3 Å². The van der Waals surface area contributed by atoms with Crippen molar-refractivity contribution in [1.82, 2.24) is 9.80 Å². The summed E-state index contributed by atoms with van der Waals surface area (Å²) in [7, 11) is -0.361. The van der Waals surface area contributed by atoms with Gasteiger partial charge in [0.15, 0.2) is 0 Å². The molecule has 3 aliphatic rings. The summed E-state index contributed by atoms with van der Waals surface area (Å²) in [6.07, 6.45) is 1.10. The first-order valence-corrected chi connectivity index (χ1v) is 13.2. The van der Waals surface area contributed by atoms with Crippen molar-refractivity contribution >= 4 is 30.3 Å². The first-order chi connectivity index (χ1) is 16.8. The molecular weight excluding hydrogens is 457 g/mol. The standard InChI is InChI=1S/C27H42BN3O5/c1-25(2,3)34-24(33)31-14-12-20(13-15-31)23(32)30-18-16-29(17-19-30)22-10-8-21(9-11-22)28-35-26(4,5)27(6,7)36-28/h8-11,20H,12-19H2,1-7H3. The highest BCUT2D eigenvalue weighted by Crippen LogP contribution is 2.36. The molecule has 3 aliphatic heterocycles. The Balaban J connectivity index is 1.25. The van der Waals surface area contributed by atoms with E-state index in [-0.39, 0.29) is 36.2 Å². The number of likely N-dealkylation sites (tertiary alicyclic amines) is 1. The molecule has 198 valence electrons. The van der Waals surface area contributed by atoms with E-state index in [1.165, 1.54) is 0 Å². The van der Waals surface area contributed by atoms with Gasteiger partial charge in [-0.15, -0.1) is 0 Å². The Hall–Kier alpha value is -2.26. The van der Waals surface area contributed by atoms with Crippen LogP contribution in [0.5, 0.6) is 0 Å². The van der Waals surface area contributed by atoms with Gasteiger partial charge in [-0.1, -0.05) is 12.1 Å². The highest BCUT2D eigenvalue weighted by atomic mass is 16.7. The normalized spacial score (nSPS) is 22.6. The Labute approximate surface area is 216 Å². The number of nitrogens with zero attached hydrogens (tertiary/aromatic N) is 3. The van der Waals surface area contributed by atoms with Crippen molar-refractivity contribution < 1.29 is 23.6 Å². The number of hydrogen-bond donors (Lipinski definition) is 0. The molecule has 1 aromatic carbocycles. The van der Waals surface area contributed by atoms with Gasteiger partial charge in [0.05, 0.1) is 11.2 Å². The van der Waals surface area contributed by atoms with Crippen LogP contribution in [0.15, 0.2) is 24.3 Å². The van der Waals surface area contributed by atoms with Crippen LogP contribution in [0.1, 0.15) is 61.3 Å². The maximum Gasteiger partial charge on any atom is 0.494 e. The Kier molecular flexibility index (Phi) is 7.37. The third kappa shape index (κ3) is 5.83. The predicted molar refractivity (Wildman–Crippen MR) is 141 cm³/mol. The van der Waals surface area contributed by atoms with Crippen molar-refractivity contribution in [2.24, 2.45) is 5.92 Å². The minimum atomic E-state index is -0.504. The molecule has 3 fully saturated rings. The number of piperazine rings is 1. The van der Waals surface area contributed by atoms with E-state index in [2.05, 4.69) is 56.9 Å².